The Morgan fingerprint density at radius 2 is 1.89 bits per heavy atom. The molecular formula is C10H14Cl2N2O3S. The van der Waals surface area contributed by atoms with Gasteiger partial charge >= 0.3 is 0 Å². The molecule has 0 aliphatic rings. The van der Waals surface area contributed by atoms with Gasteiger partial charge in [0.2, 0.25) is 10.0 Å². The maximum Gasteiger partial charge on any atom is 0.243 e. The van der Waals surface area contributed by atoms with Gasteiger partial charge in [-0.1, -0.05) is 30.1 Å². The summed E-state index contributed by atoms with van der Waals surface area (Å²) in [5.41, 5.74) is 5.78. The molecule has 0 saturated heterocycles. The predicted octanol–water partition coefficient (Wildman–Crippen LogP) is 1.48. The third kappa shape index (κ3) is 3.73. The number of hydrogen-bond donors (Lipinski definition) is 3. The number of hydrogen-bond acceptors (Lipinski definition) is 4. The molecule has 1 rings (SSSR count). The Morgan fingerprint density at radius 1 is 1.39 bits per heavy atom. The van der Waals surface area contributed by atoms with Crippen LogP contribution in [0, 0.1) is 5.92 Å². The molecule has 0 aliphatic heterocycles. The molecule has 0 aliphatic carbocycles. The largest absolute Gasteiger partial charge is 0.399 e. The lowest BCUT2D eigenvalue weighted by atomic mass is 10.2. The van der Waals surface area contributed by atoms with E-state index >= 15 is 0 Å². The van der Waals surface area contributed by atoms with E-state index in [1.807, 2.05) is 0 Å². The molecule has 0 aromatic heterocycles. The fraction of sp³-hybridized carbons (Fsp3) is 0.400. The summed E-state index contributed by atoms with van der Waals surface area (Å²) in [6.45, 7) is 1.68. The zero-order chi connectivity index (χ0) is 13.9. The van der Waals surface area contributed by atoms with Crippen LogP contribution in [0.4, 0.5) is 5.69 Å². The second-order valence-electron chi connectivity index (χ2n) is 3.95. The summed E-state index contributed by atoms with van der Waals surface area (Å²) in [6.07, 6.45) is 0. The van der Waals surface area contributed by atoms with Gasteiger partial charge in [0.15, 0.2) is 0 Å². The van der Waals surface area contributed by atoms with E-state index in [1.165, 1.54) is 12.1 Å². The minimum atomic E-state index is -3.82. The summed E-state index contributed by atoms with van der Waals surface area (Å²) >= 11 is 11.7. The number of sulfonamides is 1. The molecule has 4 N–H and O–H groups in total. The van der Waals surface area contributed by atoms with Crippen LogP contribution in [0.2, 0.25) is 10.0 Å². The average molecular weight is 313 g/mol. The number of aliphatic hydroxyl groups excluding tert-OH is 1. The van der Waals surface area contributed by atoms with Gasteiger partial charge in [0.25, 0.3) is 0 Å². The van der Waals surface area contributed by atoms with Gasteiger partial charge in [-0.3, -0.25) is 0 Å². The van der Waals surface area contributed by atoms with Crippen molar-refractivity contribution in [1.82, 2.24) is 4.72 Å². The molecule has 0 fully saturated rings. The van der Waals surface area contributed by atoms with E-state index in [4.69, 9.17) is 34.0 Å². The van der Waals surface area contributed by atoms with Crippen molar-refractivity contribution in [1.29, 1.82) is 0 Å². The molecule has 0 bridgehead atoms. The van der Waals surface area contributed by atoms with Crippen LogP contribution in [0.3, 0.4) is 0 Å². The lowest BCUT2D eigenvalue weighted by Crippen LogP contribution is -2.30. The Bertz CT molecular complexity index is 511. The minimum absolute atomic E-state index is 0.0378. The highest BCUT2D eigenvalue weighted by Gasteiger charge is 2.22. The first kappa shape index (κ1) is 15.5. The predicted molar refractivity (Wildman–Crippen MR) is 72.3 cm³/mol. The zero-order valence-corrected chi connectivity index (χ0v) is 12.0. The summed E-state index contributed by atoms with van der Waals surface area (Å²) in [5, 5.41) is 8.77. The third-order valence-electron chi connectivity index (χ3n) is 2.22. The zero-order valence-electron chi connectivity index (χ0n) is 9.65. The van der Waals surface area contributed by atoms with E-state index in [1.54, 1.807) is 6.92 Å². The van der Waals surface area contributed by atoms with Gasteiger partial charge in [-0.2, -0.15) is 0 Å². The Hall–Kier alpha value is -0.530. The van der Waals surface area contributed by atoms with E-state index in [0.29, 0.717) is 0 Å². The molecule has 0 radical (unpaired) electrons. The second-order valence-corrected chi connectivity index (χ2v) is 6.47. The Balaban J connectivity index is 3.06. The highest BCUT2D eigenvalue weighted by Crippen LogP contribution is 2.31. The lowest BCUT2D eigenvalue weighted by Gasteiger charge is -2.13. The normalized spacial score (nSPS) is 13.6. The number of nitrogens with one attached hydrogen (secondary N) is 1. The van der Waals surface area contributed by atoms with E-state index in [-0.39, 0.29) is 39.7 Å². The molecule has 1 aromatic carbocycles. The Morgan fingerprint density at radius 3 is 2.33 bits per heavy atom. The monoisotopic (exact) mass is 312 g/mol. The number of benzene rings is 1. The Kier molecular flexibility index (Phi) is 5.24. The van der Waals surface area contributed by atoms with Crippen LogP contribution in [0.15, 0.2) is 17.0 Å². The van der Waals surface area contributed by atoms with Gasteiger partial charge in [0.05, 0.1) is 10.0 Å². The molecule has 18 heavy (non-hydrogen) atoms. The molecule has 0 heterocycles. The first-order valence-electron chi connectivity index (χ1n) is 5.13. The van der Waals surface area contributed by atoms with E-state index in [2.05, 4.69) is 4.72 Å². The molecule has 1 atom stereocenters. The SMILES string of the molecule is CC(CO)CNS(=O)(=O)c1c(Cl)cc(N)cc1Cl. The van der Waals surface area contributed by atoms with Gasteiger partial charge < -0.3 is 10.8 Å². The van der Waals surface area contributed by atoms with E-state index < -0.39 is 10.0 Å². The number of anilines is 1. The molecule has 102 valence electrons. The van der Waals surface area contributed by atoms with Crippen LogP contribution in [0.1, 0.15) is 6.92 Å². The summed E-state index contributed by atoms with van der Waals surface area (Å²) in [7, 11) is -3.82. The fourth-order valence-corrected chi connectivity index (χ4v) is 3.62. The number of aliphatic hydroxyl groups is 1. The Labute approximate surface area is 116 Å². The van der Waals surface area contributed by atoms with Crippen LogP contribution in [-0.2, 0) is 10.0 Å². The van der Waals surface area contributed by atoms with Crippen molar-refractivity contribution in [3.63, 3.8) is 0 Å². The van der Waals surface area contributed by atoms with Crippen LogP contribution in [-0.4, -0.2) is 26.7 Å². The first-order chi connectivity index (χ1) is 8.27. The van der Waals surface area contributed by atoms with Gasteiger partial charge in [-0.05, 0) is 18.1 Å². The number of halogens is 2. The van der Waals surface area contributed by atoms with E-state index in [9.17, 15) is 8.42 Å². The first-order valence-corrected chi connectivity index (χ1v) is 7.37. The van der Waals surface area contributed by atoms with Crippen molar-refractivity contribution < 1.29 is 13.5 Å². The second kappa shape index (κ2) is 6.08. The highest BCUT2D eigenvalue weighted by molar-refractivity contribution is 7.89. The maximum atomic E-state index is 12.0. The van der Waals surface area contributed by atoms with Gasteiger partial charge in [-0.25, -0.2) is 13.1 Å². The summed E-state index contributed by atoms with van der Waals surface area (Å²) in [5.74, 6) is -0.203. The molecule has 0 saturated carbocycles. The lowest BCUT2D eigenvalue weighted by molar-refractivity contribution is 0.238. The van der Waals surface area contributed by atoms with E-state index in [0.717, 1.165) is 0 Å². The number of rotatable bonds is 5. The molecule has 8 heteroatoms. The molecule has 0 spiro atoms. The van der Waals surface area contributed by atoms with Crippen molar-refractivity contribution in [2.45, 2.75) is 11.8 Å². The summed E-state index contributed by atoms with van der Waals surface area (Å²) in [4.78, 5) is -0.204. The smallest absolute Gasteiger partial charge is 0.243 e. The standard InChI is InChI=1S/C10H14Cl2N2O3S/c1-6(5-15)4-14-18(16,17)10-8(11)2-7(13)3-9(10)12/h2-3,6,14-15H,4-5,13H2,1H3. The van der Waals surface area contributed by atoms with Crippen molar-refractivity contribution in [2.75, 3.05) is 18.9 Å². The quantitative estimate of drug-likeness (QED) is 0.718. The van der Waals surface area contributed by atoms with Crippen molar-refractivity contribution >= 4 is 38.9 Å². The highest BCUT2D eigenvalue weighted by atomic mass is 35.5. The summed E-state index contributed by atoms with van der Waals surface area (Å²) < 4.78 is 26.3. The van der Waals surface area contributed by atoms with Crippen LogP contribution < -0.4 is 10.5 Å². The number of nitrogen functional groups attached to an aromatic ring is 1. The topological polar surface area (TPSA) is 92.4 Å². The molecular weight excluding hydrogens is 299 g/mol. The van der Waals surface area contributed by atoms with Crippen molar-refractivity contribution in [2.24, 2.45) is 5.92 Å². The van der Waals surface area contributed by atoms with Crippen LogP contribution >= 0.6 is 23.2 Å². The van der Waals surface area contributed by atoms with Gasteiger partial charge in [-0.15, -0.1) is 0 Å². The van der Waals surface area contributed by atoms with Crippen molar-refractivity contribution in [3.05, 3.63) is 22.2 Å². The molecule has 5 nitrogen and oxygen atoms in total. The number of nitrogens with two attached hydrogens (primary N) is 1. The molecule has 0 amide bonds. The van der Waals surface area contributed by atoms with Gasteiger partial charge in [0, 0.05) is 18.8 Å². The van der Waals surface area contributed by atoms with Crippen molar-refractivity contribution in [3.8, 4) is 0 Å². The van der Waals surface area contributed by atoms with Gasteiger partial charge in [0.1, 0.15) is 4.90 Å². The van der Waals surface area contributed by atoms with Crippen LogP contribution in [0.5, 0.6) is 0 Å². The minimum Gasteiger partial charge on any atom is -0.399 e. The average Bonchev–Trinajstić information content (AvgIpc) is 2.24. The maximum absolute atomic E-state index is 12.0. The molecule has 1 aromatic rings. The summed E-state index contributed by atoms with van der Waals surface area (Å²) in [6, 6.07) is 2.63. The van der Waals surface area contributed by atoms with Crippen LogP contribution in [0.25, 0.3) is 0 Å². The fourth-order valence-electron chi connectivity index (χ4n) is 1.22. The third-order valence-corrected chi connectivity index (χ3v) is 4.57. The molecule has 1 unspecified atom stereocenters.